The minimum atomic E-state index is -1.16. The largest absolute Gasteiger partial charge is 0.489 e. The summed E-state index contributed by atoms with van der Waals surface area (Å²) in [5, 5.41) is 14.0. The minimum absolute atomic E-state index is 0.0891. The molecular formula is C25H29NO3. The topological polar surface area (TPSA) is 58.6 Å². The summed E-state index contributed by atoms with van der Waals surface area (Å²) in [4.78, 5) is 12.9. The summed E-state index contributed by atoms with van der Waals surface area (Å²) in [7, 11) is 0. The van der Waals surface area contributed by atoms with Crippen LogP contribution < -0.4 is 10.1 Å². The Labute approximate surface area is 172 Å². The van der Waals surface area contributed by atoms with E-state index in [-0.39, 0.29) is 11.4 Å². The van der Waals surface area contributed by atoms with E-state index in [2.05, 4.69) is 5.32 Å². The molecule has 0 saturated heterocycles. The van der Waals surface area contributed by atoms with Crippen LogP contribution in [0.3, 0.4) is 0 Å². The molecule has 4 aliphatic rings. The molecule has 2 N–H and O–H groups in total. The van der Waals surface area contributed by atoms with Gasteiger partial charge < -0.3 is 15.2 Å². The monoisotopic (exact) mass is 391 g/mol. The molecule has 2 aromatic rings. The Hall–Kier alpha value is -2.33. The van der Waals surface area contributed by atoms with Gasteiger partial charge in [-0.3, -0.25) is 4.79 Å². The Morgan fingerprint density at radius 3 is 2.31 bits per heavy atom. The Balaban J connectivity index is 1.24. The van der Waals surface area contributed by atoms with Gasteiger partial charge in [-0.2, -0.15) is 0 Å². The van der Waals surface area contributed by atoms with Gasteiger partial charge in [0.25, 0.3) is 5.91 Å². The first-order valence-electron chi connectivity index (χ1n) is 10.9. The van der Waals surface area contributed by atoms with E-state index in [0.717, 1.165) is 42.6 Å². The van der Waals surface area contributed by atoms with Crippen molar-refractivity contribution in [2.24, 2.45) is 17.8 Å². The lowest BCUT2D eigenvalue weighted by molar-refractivity contribution is -0.135. The summed E-state index contributed by atoms with van der Waals surface area (Å²) in [5.74, 6) is 2.66. The van der Waals surface area contributed by atoms with E-state index in [1.54, 1.807) is 12.1 Å². The number of hydrogen-bond acceptors (Lipinski definition) is 3. The lowest BCUT2D eigenvalue weighted by atomic mass is 9.53. The molecule has 4 heteroatoms. The third kappa shape index (κ3) is 3.91. The van der Waals surface area contributed by atoms with Crippen LogP contribution in [0.4, 0.5) is 0 Å². The molecule has 2 aromatic carbocycles. The number of amides is 1. The summed E-state index contributed by atoms with van der Waals surface area (Å²) in [6.07, 6.45) is 6.07. The molecule has 0 radical (unpaired) electrons. The van der Waals surface area contributed by atoms with Crippen LogP contribution in [-0.2, 0) is 11.4 Å². The first-order chi connectivity index (χ1) is 14.1. The quantitative estimate of drug-likeness (QED) is 0.768. The molecule has 4 bridgehead atoms. The number of carbonyl (C=O) groups is 1. The van der Waals surface area contributed by atoms with E-state index in [0.29, 0.717) is 17.9 Å². The van der Waals surface area contributed by atoms with Crippen molar-refractivity contribution in [2.75, 3.05) is 0 Å². The molecular weight excluding hydrogens is 362 g/mol. The van der Waals surface area contributed by atoms with Crippen LogP contribution in [0.5, 0.6) is 5.75 Å². The van der Waals surface area contributed by atoms with Gasteiger partial charge in [0.15, 0.2) is 6.10 Å². The fraction of sp³-hybridized carbons (Fsp3) is 0.480. The highest BCUT2D eigenvalue weighted by atomic mass is 16.5. The average molecular weight is 392 g/mol. The second kappa shape index (κ2) is 7.49. The van der Waals surface area contributed by atoms with Crippen molar-refractivity contribution in [3.8, 4) is 5.75 Å². The van der Waals surface area contributed by atoms with Gasteiger partial charge in [-0.1, -0.05) is 42.5 Å². The van der Waals surface area contributed by atoms with Crippen molar-refractivity contribution < 1.29 is 14.6 Å². The van der Waals surface area contributed by atoms with E-state index in [9.17, 15) is 9.90 Å². The molecule has 1 unspecified atom stereocenters. The zero-order chi connectivity index (χ0) is 19.8. The smallest absolute Gasteiger partial charge is 0.253 e. The summed E-state index contributed by atoms with van der Waals surface area (Å²) in [6, 6.07) is 17.2. The third-order valence-electron chi connectivity index (χ3n) is 7.10. The lowest BCUT2D eigenvalue weighted by Crippen LogP contribution is -2.60. The van der Waals surface area contributed by atoms with Gasteiger partial charge in [-0.25, -0.2) is 0 Å². The molecule has 6 rings (SSSR count). The van der Waals surface area contributed by atoms with Crippen LogP contribution in [0.1, 0.15) is 55.8 Å². The number of nitrogens with one attached hydrogen (secondary N) is 1. The minimum Gasteiger partial charge on any atom is -0.489 e. The Kier molecular flexibility index (Phi) is 4.83. The van der Waals surface area contributed by atoms with Crippen LogP contribution in [0.2, 0.25) is 0 Å². The van der Waals surface area contributed by atoms with Gasteiger partial charge in [-0.05, 0) is 79.5 Å². The number of carbonyl (C=O) groups excluding carboxylic acids is 1. The number of ether oxygens (including phenoxy) is 1. The third-order valence-corrected chi connectivity index (χ3v) is 7.10. The Morgan fingerprint density at radius 2 is 1.66 bits per heavy atom. The van der Waals surface area contributed by atoms with Gasteiger partial charge >= 0.3 is 0 Å². The fourth-order valence-corrected chi connectivity index (χ4v) is 6.26. The van der Waals surface area contributed by atoms with Crippen molar-refractivity contribution in [2.45, 2.75) is 56.8 Å². The molecule has 29 heavy (non-hydrogen) atoms. The molecule has 1 atom stereocenters. The first kappa shape index (κ1) is 18.7. The predicted octanol–water partition coefficient (Wildman–Crippen LogP) is 4.38. The molecule has 4 fully saturated rings. The summed E-state index contributed by atoms with van der Waals surface area (Å²) in [5.41, 5.74) is 1.57. The molecule has 4 nitrogen and oxygen atoms in total. The van der Waals surface area contributed by atoms with Gasteiger partial charge in [0, 0.05) is 5.54 Å². The van der Waals surface area contributed by atoms with Crippen molar-refractivity contribution in [3.63, 3.8) is 0 Å². The van der Waals surface area contributed by atoms with Crippen molar-refractivity contribution >= 4 is 5.91 Å². The molecule has 0 aliphatic heterocycles. The van der Waals surface area contributed by atoms with Crippen LogP contribution >= 0.6 is 0 Å². The highest BCUT2D eigenvalue weighted by Gasteiger charge is 2.51. The van der Waals surface area contributed by atoms with Gasteiger partial charge in [0.1, 0.15) is 12.4 Å². The molecule has 0 aromatic heterocycles. The Bertz CT molecular complexity index is 843. The van der Waals surface area contributed by atoms with Crippen LogP contribution in [-0.4, -0.2) is 16.6 Å². The predicted molar refractivity (Wildman–Crippen MR) is 111 cm³/mol. The fourth-order valence-electron chi connectivity index (χ4n) is 6.26. The van der Waals surface area contributed by atoms with Crippen LogP contribution in [0.15, 0.2) is 54.6 Å². The van der Waals surface area contributed by atoms with Crippen molar-refractivity contribution in [1.82, 2.24) is 5.32 Å². The lowest BCUT2D eigenvalue weighted by Gasteiger charge is -2.57. The van der Waals surface area contributed by atoms with Gasteiger partial charge in [0.05, 0.1) is 0 Å². The molecule has 4 saturated carbocycles. The van der Waals surface area contributed by atoms with E-state index < -0.39 is 6.10 Å². The maximum atomic E-state index is 12.9. The average Bonchev–Trinajstić information content (AvgIpc) is 2.71. The zero-order valence-electron chi connectivity index (χ0n) is 16.7. The van der Waals surface area contributed by atoms with Crippen LogP contribution in [0, 0.1) is 17.8 Å². The van der Waals surface area contributed by atoms with E-state index in [1.807, 2.05) is 42.5 Å². The maximum absolute atomic E-state index is 12.9. The Morgan fingerprint density at radius 1 is 1.00 bits per heavy atom. The molecule has 152 valence electrons. The van der Waals surface area contributed by atoms with E-state index in [4.69, 9.17) is 4.74 Å². The number of aliphatic hydroxyl groups excluding tert-OH is 1. The second-order valence-electron chi connectivity index (χ2n) is 9.44. The van der Waals surface area contributed by atoms with Crippen LogP contribution in [0.25, 0.3) is 0 Å². The number of benzene rings is 2. The maximum Gasteiger partial charge on any atom is 0.253 e. The number of aliphatic hydroxyl groups is 1. The standard InChI is InChI=1S/C25H29NO3/c27-23(21-7-4-8-22(12-21)29-16-17-5-2-1-3-6-17)24(28)26-25-13-18-9-19(14-25)11-20(10-18)15-25/h1-8,12,18-20,23,27H,9-11,13-16H2,(H,26,28). The van der Waals surface area contributed by atoms with E-state index >= 15 is 0 Å². The van der Waals surface area contributed by atoms with Crippen molar-refractivity contribution in [3.05, 3.63) is 65.7 Å². The second-order valence-corrected chi connectivity index (χ2v) is 9.44. The molecule has 4 aliphatic carbocycles. The molecule has 0 spiro atoms. The highest BCUT2D eigenvalue weighted by Crippen LogP contribution is 2.55. The first-order valence-corrected chi connectivity index (χ1v) is 10.9. The SMILES string of the molecule is O=C(NC12CC3CC(CC(C3)C1)C2)C(O)c1cccc(OCc2ccccc2)c1. The molecule has 1 amide bonds. The van der Waals surface area contributed by atoms with Gasteiger partial charge in [0.2, 0.25) is 0 Å². The number of hydrogen-bond donors (Lipinski definition) is 2. The van der Waals surface area contributed by atoms with Crippen molar-refractivity contribution in [1.29, 1.82) is 0 Å². The summed E-state index contributed by atoms with van der Waals surface area (Å²) >= 11 is 0. The number of rotatable bonds is 6. The van der Waals surface area contributed by atoms with Gasteiger partial charge in [-0.15, -0.1) is 0 Å². The highest BCUT2D eigenvalue weighted by molar-refractivity contribution is 5.82. The summed E-state index contributed by atoms with van der Waals surface area (Å²) in [6.45, 7) is 0.458. The zero-order valence-corrected chi connectivity index (χ0v) is 16.7. The normalized spacial score (nSPS) is 30.7. The van der Waals surface area contributed by atoms with E-state index in [1.165, 1.54) is 19.3 Å². The molecule has 0 heterocycles. The summed E-state index contributed by atoms with van der Waals surface area (Å²) < 4.78 is 5.85.